The first-order valence-corrected chi connectivity index (χ1v) is 5.48. The molecule has 0 atom stereocenters. The van der Waals surface area contributed by atoms with E-state index in [1.807, 2.05) is 10.8 Å². The molecule has 5 nitrogen and oxygen atoms in total. The fraction of sp³-hybridized carbons (Fsp3) is 0.273. The number of aromatic nitrogens is 3. The summed E-state index contributed by atoms with van der Waals surface area (Å²) in [6, 6.07) is 0.723. The van der Waals surface area contributed by atoms with E-state index in [9.17, 15) is 8.78 Å². The number of rotatable bonds is 5. The van der Waals surface area contributed by atoms with Crippen molar-refractivity contribution >= 4 is 11.6 Å². The van der Waals surface area contributed by atoms with Gasteiger partial charge in [-0.15, -0.1) is 0 Å². The van der Waals surface area contributed by atoms with Crippen LogP contribution in [0, 0.1) is 11.6 Å². The van der Waals surface area contributed by atoms with Gasteiger partial charge in [-0.2, -0.15) is 0 Å². The molecule has 0 spiro atoms. The van der Waals surface area contributed by atoms with E-state index in [-0.39, 0.29) is 11.6 Å². The molecule has 18 heavy (non-hydrogen) atoms. The van der Waals surface area contributed by atoms with Crippen LogP contribution in [0.5, 0.6) is 0 Å². The smallest absolute Gasteiger partial charge is 0.168 e. The highest BCUT2D eigenvalue weighted by Crippen LogP contribution is 2.16. The number of nitrogens with two attached hydrogens (primary N) is 1. The molecule has 0 saturated carbocycles. The number of nitrogen functional groups attached to an aromatic ring is 1. The largest absolute Gasteiger partial charge is 0.381 e. The zero-order valence-corrected chi connectivity index (χ0v) is 9.61. The highest BCUT2D eigenvalue weighted by atomic mass is 19.1. The maximum Gasteiger partial charge on any atom is 0.168 e. The summed E-state index contributed by atoms with van der Waals surface area (Å²) in [5.41, 5.74) is 5.27. The minimum Gasteiger partial charge on any atom is -0.381 e. The van der Waals surface area contributed by atoms with Gasteiger partial charge >= 0.3 is 0 Å². The van der Waals surface area contributed by atoms with Crippen molar-refractivity contribution in [1.82, 2.24) is 14.5 Å². The summed E-state index contributed by atoms with van der Waals surface area (Å²) in [5.74, 6) is -1.94. The molecule has 0 amide bonds. The van der Waals surface area contributed by atoms with Crippen LogP contribution in [0.3, 0.4) is 0 Å². The number of nitrogens with zero attached hydrogens (tertiary/aromatic N) is 3. The monoisotopic (exact) mass is 253 g/mol. The Morgan fingerprint density at radius 1 is 1.33 bits per heavy atom. The van der Waals surface area contributed by atoms with E-state index in [0.717, 1.165) is 19.0 Å². The molecule has 0 unspecified atom stereocenters. The van der Waals surface area contributed by atoms with Crippen LogP contribution in [0.2, 0.25) is 0 Å². The van der Waals surface area contributed by atoms with Gasteiger partial charge in [0, 0.05) is 31.5 Å². The van der Waals surface area contributed by atoms with Gasteiger partial charge in [0.1, 0.15) is 0 Å². The minimum atomic E-state index is -0.850. The normalized spacial score (nSPS) is 10.6. The topological polar surface area (TPSA) is 68.8 Å². The van der Waals surface area contributed by atoms with Crippen LogP contribution >= 0.6 is 0 Å². The predicted molar refractivity (Wildman–Crippen MR) is 63.9 cm³/mol. The van der Waals surface area contributed by atoms with Crippen LogP contribution in [0.15, 0.2) is 24.8 Å². The lowest BCUT2D eigenvalue weighted by molar-refractivity contribution is 0.578. The molecule has 3 N–H and O–H groups in total. The fourth-order valence-electron chi connectivity index (χ4n) is 1.49. The first kappa shape index (κ1) is 12.3. The lowest BCUT2D eigenvalue weighted by atomic mass is 10.3. The Hall–Kier alpha value is -2.18. The van der Waals surface area contributed by atoms with Crippen molar-refractivity contribution < 1.29 is 8.78 Å². The van der Waals surface area contributed by atoms with Gasteiger partial charge in [-0.1, -0.05) is 0 Å². The Bertz CT molecular complexity index is 512. The average Bonchev–Trinajstić information content (AvgIpc) is 2.84. The maximum absolute atomic E-state index is 13.3. The number of hydrogen-bond donors (Lipinski definition) is 2. The molecule has 2 aromatic heterocycles. The van der Waals surface area contributed by atoms with E-state index < -0.39 is 11.6 Å². The summed E-state index contributed by atoms with van der Waals surface area (Å²) in [7, 11) is 0. The van der Waals surface area contributed by atoms with E-state index in [1.165, 1.54) is 0 Å². The molecule has 2 aromatic rings. The van der Waals surface area contributed by atoms with Gasteiger partial charge in [-0.3, -0.25) is 0 Å². The molecule has 0 saturated heterocycles. The summed E-state index contributed by atoms with van der Waals surface area (Å²) in [5, 5.41) is 2.78. The summed E-state index contributed by atoms with van der Waals surface area (Å²) in [6.45, 7) is 1.26. The number of aryl methyl sites for hydroxylation is 1. The van der Waals surface area contributed by atoms with Crippen molar-refractivity contribution in [3.8, 4) is 0 Å². The molecular weight excluding hydrogens is 240 g/mol. The van der Waals surface area contributed by atoms with Crippen LogP contribution in [0.1, 0.15) is 6.42 Å². The lowest BCUT2D eigenvalue weighted by Crippen LogP contribution is -2.10. The van der Waals surface area contributed by atoms with Crippen LogP contribution < -0.4 is 11.1 Å². The third-order valence-corrected chi connectivity index (χ3v) is 2.40. The standard InChI is InChI=1S/C11H13F2N5/c12-8-6-9(13)11(17-10(8)14)16-2-1-4-18-5-3-15-7-18/h3,5-7H,1-2,4H2,(H3,14,16,17). The quantitative estimate of drug-likeness (QED) is 0.795. The minimum absolute atomic E-state index is 0.0282. The fourth-order valence-corrected chi connectivity index (χ4v) is 1.49. The molecule has 0 bridgehead atoms. The lowest BCUT2D eigenvalue weighted by Gasteiger charge is -2.08. The van der Waals surface area contributed by atoms with Crippen molar-refractivity contribution in [2.75, 3.05) is 17.6 Å². The number of anilines is 2. The molecule has 0 radical (unpaired) electrons. The molecule has 7 heteroatoms. The van der Waals surface area contributed by atoms with Crippen LogP contribution in [0.25, 0.3) is 0 Å². The number of halogens is 2. The molecule has 0 aliphatic rings. The Labute approximate surface area is 103 Å². The third kappa shape index (κ3) is 2.93. The summed E-state index contributed by atoms with van der Waals surface area (Å²) >= 11 is 0. The van der Waals surface area contributed by atoms with Gasteiger partial charge in [-0.05, 0) is 6.42 Å². The molecule has 0 aliphatic carbocycles. The second kappa shape index (κ2) is 5.44. The van der Waals surface area contributed by atoms with E-state index in [1.54, 1.807) is 12.5 Å². The zero-order valence-electron chi connectivity index (χ0n) is 9.61. The van der Waals surface area contributed by atoms with Crippen molar-refractivity contribution in [3.63, 3.8) is 0 Å². The SMILES string of the molecule is Nc1nc(NCCCn2ccnc2)c(F)cc1F. The number of pyridine rings is 1. The maximum atomic E-state index is 13.3. The van der Waals surface area contributed by atoms with Crippen LogP contribution in [-0.4, -0.2) is 21.1 Å². The van der Waals surface area contributed by atoms with Crippen molar-refractivity contribution in [3.05, 3.63) is 36.4 Å². The average molecular weight is 253 g/mol. The predicted octanol–water partition coefficient (Wildman–Crippen LogP) is 1.64. The molecule has 2 heterocycles. The van der Waals surface area contributed by atoms with E-state index in [0.29, 0.717) is 6.54 Å². The molecule has 0 aliphatic heterocycles. The highest BCUT2D eigenvalue weighted by molar-refractivity contribution is 5.44. The summed E-state index contributed by atoms with van der Waals surface area (Å²) < 4.78 is 28.1. The number of nitrogens with one attached hydrogen (secondary N) is 1. The second-order valence-electron chi connectivity index (χ2n) is 3.77. The number of imidazole rings is 1. The van der Waals surface area contributed by atoms with Gasteiger partial charge in [0.15, 0.2) is 23.3 Å². The van der Waals surface area contributed by atoms with Crippen molar-refractivity contribution in [2.24, 2.45) is 0 Å². The van der Waals surface area contributed by atoms with Gasteiger partial charge in [0.2, 0.25) is 0 Å². The molecule has 0 aromatic carbocycles. The third-order valence-electron chi connectivity index (χ3n) is 2.40. The molecular formula is C11H13F2N5. The van der Waals surface area contributed by atoms with E-state index in [4.69, 9.17) is 5.73 Å². The second-order valence-corrected chi connectivity index (χ2v) is 3.77. The molecule has 0 fully saturated rings. The number of hydrogen-bond acceptors (Lipinski definition) is 4. The Balaban J connectivity index is 1.85. The summed E-state index contributed by atoms with van der Waals surface area (Å²) in [4.78, 5) is 7.51. The Morgan fingerprint density at radius 2 is 2.17 bits per heavy atom. The van der Waals surface area contributed by atoms with Gasteiger partial charge in [-0.25, -0.2) is 18.7 Å². The zero-order chi connectivity index (χ0) is 13.0. The molecule has 2 rings (SSSR count). The van der Waals surface area contributed by atoms with Gasteiger partial charge < -0.3 is 15.6 Å². The first-order chi connectivity index (χ1) is 8.66. The Morgan fingerprint density at radius 3 is 2.89 bits per heavy atom. The van der Waals surface area contributed by atoms with Gasteiger partial charge in [0.05, 0.1) is 6.33 Å². The first-order valence-electron chi connectivity index (χ1n) is 5.48. The van der Waals surface area contributed by atoms with Crippen LogP contribution in [0.4, 0.5) is 20.4 Å². The van der Waals surface area contributed by atoms with Crippen molar-refractivity contribution in [1.29, 1.82) is 0 Å². The van der Waals surface area contributed by atoms with Crippen molar-refractivity contribution in [2.45, 2.75) is 13.0 Å². The van der Waals surface area contributed by atoms with E-state index >= 15 is 0 Å². The molecule has 96 valence electrons. The van der Waals surface area contributed by atoms with Gasteiger partial charge in [0.25, 0.3) is 0 Å². The Kier molecular flexibility index (Phi) is 3.71. The summed E-state index contributed by atoms with van der Waals surface area (Å²) in [6.07, 6.45) is 5.99. The highest BCUT2D eigenvalue weighted by Gasteiger charge is 2.08. The van der Waals surface area contributed by atoms with Crippen LogP contribution in [-0.2, 0) is 6.54 Å². The van der Waals surface area contributed by atoms with E-state index in [2.05, 4.69) is 15.3 Å².